The molecule has 0 unspecified atom stereocenters. The quantitative estimate of drug-likeness (QED) is 0.302. The van der Waals surface area contributed by atoms with Gasteiger partial charge in [0.15, 0.2) is 11.5 Å². The highest BCUT2D eigenvalue weighted by Crippen LogP contribution is 2.52. The summed E-state index contributed by atoms with van der Waals surface area (Å²) in [6.45, 7) is 2.23. The zero-order valence-corrected chi connectivity index (χ0v) is 21.6. The number of unbranched alkanes of at least 4 members (excludes halogenated alkanes) is 1. The van der Waals surface area contributed by atoms with E-state index in [1.165, 1.54) is 12.1 Å². The van der Waals surface area contributed by atoms with Gasteiger partial charge >= 0.3 is 12.3 Å². The Hall–Kier alpha value is -4.54. The van der Waals surface area contributed by atoms with Gasteiger partial charge in [-0.2, -0.15) is 0 Å². The molecule has 11 heteroatoms. The topological polar surface area (TPSA) is 127 Å². The molecule has 1 aliphatic heterocycles. The molecule has 2 aliphatic rings. The molecule has 0 bridgehead atoms. The van der Waals surface area contributed by atoms with E-state index in [0.29, 0.717) is 60.4 Å². The van der Waals surface area contributed by atoms with Crippen molar-refractivity contribution in [2.45, 2.75) is 50.7 Å². The highest BCUT2D eigenvalue weighted by Gasteiger charge is 2.53. The molecule has 3 aromatic rings. The number of benzene rings is 2. The van der Waals surface area contributed by atoms with Crippen LogP contribution in [0.1, 0.15) is 53.6 Å². The summed E-state index contributed by atoms with van der Waals surface area (Å²) < 4.78 is 35.9. The van der Waals surface area contributed by atoms with Crippen LogP contribution in [0.4, 0.5) is 14.6 Å². The average molecular weight is 552 g/mol. The van der Waals surface area contributed by atoms with E-state index in [0.717, 1.165) is 5.56 Å². The van der Waals surface area contributed by atoms with Crippen LogP contribution in [0, 0.1) is 6.92 Å². The van der Waals surface area contributed by atoms with Crippen LogP contribution in [0.3, 0.4) is 0 Å². The number of rotatable bonds is 10. The van der Waals surface area contributed by atoms with Crippen LogP contribution >= 0.6 is 0 Å². The molecule has 9 nitrogen and oxygen atoms in total. The van der Waals surface area contributed by atoms with E-state index in [2.05, 4.69) is 25.1 Å². The maximum Gasteiger partial charge on any atom is 0.586 e. The molecule has 0 spiro atoms. The number of ether oxygens (including phenoxy) is 2. The molecule has 208 valence electrons. The predicted molar refractivity (Wildman–Crippen MR) is 140 cm³/mol. The summed E-state index contributed by atoms with van der Waals surface area (Å²) in [6.07, 6.45) is -1.56. The van der Waals surface area contributed by atoms with Gasteiger partial charge in [-0.1, -0.05) is 24.3 Å². The number of fused-ring (bicyclic) bond motifs is 1. The molecule has 3 N–H and O–H groups in total. The smallest absolute Gasteiger partial charge is 0.481 e. The van der Waals surface area contributed by atoms with Crippen LogP contribution in [0.5, 0.6) is 11.5 Å². The SMILES string of the molecule is Cc1ccc(NC(=O)C2(c3ccc4c(c3)OC(F)(F)O4)CC2)nc1-c1cccc(C(=O)NCCCCC(=O)O)c1. The van der Waals surface area contributed by atoms with Gasteiger partial charge in [-0.25, -0.2) is 4.98 Å². The first-order valence-electron chi connectivity index (χ1n) is 12.9. The number of aryl methyl sites for hydroxylation is 1. The number of hydrogen-bond acceptors (Lipinski definition) is 6. The second-order valence-electron chi connectivity index (χ2n) is 9.91. The fourth-order valence-electron chi connectivity index (χ4n) is 4.66. The summed E-state index contributed by atoms with van der Waals surface area (Å²) in [6, 6.07) is 14.8. The van der Waals surface area contributed by atoms with Crippen LogP contribution < -0.4 is 20.1 Å². The molecule has 0 radical (unpaired) electrons. The Morgan fingerprint density at radius 3 is 2.52 bits per heavy atom. The Bertz CT molecular complexity index is 1490. The number of carboxylic acids is 1. The molecule has 1 aliphatic carbocycles. The minimum absolute atomic E-state index is 0.0555. The van der Waals surface area contributed by atoms with Crippen LogP contribution in [0.15, 0.2) is 54.6 Å². The van der Waals surface area contributed by atoms with Crippen molar-refractivity contribution in [2.75, 3.05) is 11.9 Å². The standard InChI is InChI=1S/C29H27F2N3O6/c1-17-8-11-23(33-25(17)18-5-4-6-19(15-18)26(37)32-14-3-2-7-24(35)36)34-27(38)28(12-13-28)20-9-10-21-22(16-20)40-29(30,31)39-21/h4-6,8-11,15-16H,2-3,7,12-14H2,1H3,(H,32,37)(H,35,36)(H,33,34,38). The van der Waals surface area contributed by atoms with Gasteiger partial charge in [-0.3, -0.25) is 14.4 Å². The third-order valence-corrected chi connectivity index (χ3v) is 6.98. The maximum absolute atomic E-state index is 13.4. The van der Waals surface area contributed by atoms with Crippen molar-refractivity contribution in [1.29, 1.82) is 0 Å². The summed E-state index contributed by atoms with van der Waals surface area (Å²) in [7, 11) is 0. The first kappa shape index (κ1) is 27.0. The molecule has 2 heterocycles. The van der Waals surface area contributed by atoms with E-state index in [-0.39, 0.29) is 29.7 Å². The monoisotopic (exact) mass is 551 g/mol. The lowest BCUT2D eigenvalue weighted by Gasteiger charge is -2.17. The number of amides is 2. The fourth-order valence-corrected chi connectivity index (χ4v) is 4.66. The fraction of sp³-hybridized carbons (Fsp3) is 0.310. The van der Waals surface area contributed by atoms with E-state index in [1.54, 1.807) is 30.3 Å². The number of alkyl halides is 2. The van der Waals surface area contributed by atoms with E-state index in [1.807, 2.05) is 19.1 Å². The first-order valence-corrected chi connectivity index (χ1v) is 12.9. The Kier molecular flexibility index (Phi) is 7.14. The first-order chi connectivity index (χ1) is 19.1. The van der Waals surface area contributed by atoms with Crippen LogP contribution in [0.2, 0.25) is 0 Å². The number of anilines is 1. The van der Waals surface area contributed by atoms with Gasteiger partial charge < -0.3 is 25.2 Å². The van der Waals surface area contributed by atoms with Gasteiger partial charge in [0, 0.05) is 24.1 Å². The Balaban J connectivity index is 1.28. The average Bonchev–Trinajstić information content (AvgIpc) is 3.66. The summed E-state index contributed by atoms with van der Waals surface area (Å²) >= 11 is 0. The minimum Gasteiger partial charge on any atom is -0.481 e. The van der Waals surface area contributed by atoms with Crippen molar-refractivity contribution >= 4 is 23.6 Å². The minimum atomic E-state index is -3.73. The van der Waals surface area contributed by atoms with Crippen molar-refractivity contribution in [3.63, 3.8) is 0 Å². The number of hydrogen-bond donors (Lipinski definition) is 3. The number of pyridine rings is 1. The maximum atomic E-state index is 13.4. The summed E-state index contributed by atoms with van der Waals surface area (Å²) in [5, 5.41) is 14.4. The number of carboxylic acid groups (broad SMARTS) is 1. The Morgan fingerprint density at radius 1 is 1.00 bits per heavy atom. The molecule has 40 heavy (non-hydrogen) atoms. The van der Waals surface area contributed by atoms with Gasteiger partial charge in [0.1, 0.15) is 5.82 Å². The number of halogens is 2. The molecular weight excluding hydrogens is 524 g/mol. The van der Waals surface area contributed by atoms with Crippen molar-refractivity contribution in [1.82, 2.24) is 10.3 Å². The zero-order chi connectivity index (χ0) is 28.5. The molecule has 5 rings (SSSR count). The van der Waals surface area contributed by atoms with Crippen molar-refractivity contribution in [2.24, 2.45) is 0 Å². The number of carbonyl (C=O) groups excluding carboxylic acids is 2. The number of nitrogens with zero attached hydrogens (tertiary/aromatic N) is 1. The molecule has 2 amide bonds. The predicted octanol–water partition coefficient (Wildman–Crippen LogP) is 5.03. The molecule has 1 aromatic heterocycles. The summed E-state index contributed by atoms with van der Waals surface area (Å²) in [5.41, 5.74) is 2.21. The number of carbonyl (C=O) groups is 3. The molecule has 0 saturated heterocycles. The highest BCUT2D eigenvalue weighted by molar-refractivity contribution is 6.01. The summed E-state index contributed by atoms with van der Waals surface area (Å²) in [4.78, 5) is 41.2. The van der Waals surface area contributed by atoms with E-state index >= 15 is 0 Å². The zero-order valence-electron chi connectivity index (χ0n) is 21.6. The van der Waals surface area contributed by atoms with Crippen LogP contribution in [0.25, 0.3) is 11.3 Å². The third-order valence-electron chi connectivity index (χ3n) is 6.98. The van der Waals surface area contributed by atoms with E-state index in [4.69, 9.17) is 5.11 Å². The normalized spacial score (nSPS) is 15.8. The van der Waals surface area contributed by atoms with Crippen molar-refractivity contribution in [3.8, 4) is 22.8 Å². The Labute approximate surface area is 228 Å². The van der Waals surface area contributed by atoms with Gasteiger partial charge in [0.25, 0.3) is 5.91 Å². The Morgan fingerprint density at radius 2 is 1.77 bits per heavy atom. The lowest BCUT2D eigenvalue weighted by Crippen LogP contribution is -2.28. The van der Waals surface area contributed by atoms with Crippen molar-refractivity contribution < 1.29 is 37.7 Å². The van der Waals surface area contributed by atoms with E-state index < -0.39 is 17.7 Å². The van der Waals surface area contributed by atoms with Gasteiger partial charge in [-0.05, 0) is 74.1 Å². The van der Waals surface area contributed by atoms with Gasteiger partial charge in [0.05, 0.1) is 11.1 Å². The van der Waals surface area contributed by atoms with E-state index in [9.17, 15) is 23.2 Å². The van der Waals surface area contributed by atoms with Gasteiger partial charge in [0.2, 0.25) is 5.91 Å². The third kappa shape index (κ3) is 5.73. The molecule has 1 fully saturated rings. The highest BCUT2D eigenvalue weighted by atomic mass is 19.3. The molecule has 2 aromatic carbocycles. The van der Waals surface area contributed by atoms with Gasteiger partial charge in [-0.15, -0.1) is 8.78 Å². The molecule has 0 atom stereocenters. The largest absolute Gasteiger partial charge is 0.586 e. The number of aromatic nitrogens is 1. The second-order valence-corrected chi connectivity index (χ2v) is 9.91. The number of aliphatic carboxylic acids is 1. The number of nitrogens with one attached hydrogen (secondary N) is 2. The summed E-state index contributed by atoms with van der Waals surface area (Å²) in [5.74, 6) is -1.33. The molecular formula is C29H27F2N3O6. The lowest BCUT2D eigenvalue weighted by atomic mass is 9.94. The lowest BCUT2D eigenvalue weighted by molar-refractivity contribution is -0.286. The second kappa shape index (κ2) is 10.6. The molecule has 1 saturated carbocycles. The van der Waals surface area contributed by atoms with Crippen LogP contribution in [-0.2, 0) is 15.0 Å². The van der Waals surface area contributed by atoms with Crippen LogP contribution in [-0.4, -0.2) is 40.7 Å². The van der Waals surface area contributed by atoms with Crippen molar-refractivity contribution in [3.05, 3.63) is 71.3 Å².